The number of halogens is 2. The molecule has 2 aliphatic rings. The van der Waals surface area contributed by atoms with Crippen LogP contribution < -0.4 is 5.19 Å². The number of carbonyl (C=O) groups is 1. The number of nitrogens with zero attached hydrogens (tertiary/aromatic N) is 1. The first-order chi connectivity index (χ1) is 11.8. The molecule has 7 heteroatoms. The van der Waals surface area contributed by atoms with Crippen molar-refractivity contribution in [1.82, 2.24) is 0 Å². The Labute approximate surface area is 180 Å². The third-order valence-electron chi connectivity index (χ3n) is 4.56. The second kappa shape index (κ2) is 6.30. The molecule has 25 heavy (non-hydrogen) atoms. The Morgan fingerprint density at radius 3 is 2.64 bits per heavy atom. The number of aromatic hydroxyl groups is 1. The van der Waals surface area contributed by atoms with Crippen LogP contribution in [0.1, 0.15) is 0 Å². The SMILES string of the molecule is C[Si]1(C)C2=CC(=O)C=CC2=Nc2ccc(O)c(-c3cc(I)c(I)[se]3)c21. The van der Waals surface area contributed by atoms with Crippen molar-refractivity contribution >= 4 is 90.1 Å². The van der Waals surface area contributed by atoms with E-state index >= 15 is 0 Å². The molecule has 1 aromatic carbocycles. The van der Waals surface area contributed by atoms with Crippen molar-refractivity contribution in [2.45, 2.75) is 13.1 Å². The van der Waals surface area contributed by atoms with Crippen molar-refractivity contribution in [3.8, 4) is 15.8 Å². The maximum atomic E-state index is 11.9. The molecule has 2 heterocycles. The molecule has 126 valence electrons. The number of aliphatic imine (C=N–C) groups is 1. The minimum atomic E-state index is -2.16. The molecular formula is C18H13I2NO2SeSi. The number of fused-ring (bicyclic) bond motifs is 2. The van der Waals surface area contributed by atoms with Gasteiger partial charge in [0.2, 0.25) is 0 Å². The van der Waals surface area contributed by atoms with E-state index in [0.717, 1.165) is 27.3 Å². The van der Waals surface area contributed by atoms with Crippen molar-refractivity contribution in [3.63, 3.8) is 0 Å². The average Bonchev–Trinajstić information content (AvgIpc) is 2.88. The van der Waals surface area contributed by atoms with Gasteiger partial charge in [-0.05, 0) is 0 Å². The van der Waals surface area contributed by atoms with Gasteiger partial charge in [0.25, 0.3) is 0 Å². The fourth-order valence-electron chi connectivity index (χ4n) is 3.40. The van der Waals surface area contributed by atoms with Crippen molar-refractivity contribution < 1.29 is 9.90 Å². The normalized spacial score (nSPS) is 17.7. The van der Waals surface area contributed by atoms with E-state index in [1.807, 2.05) is 12.1 Å². The Morgan fingerprint density at radius 1 is 1.20 bits per heavy atom. The first-order valence-corrected chi connectivity index (χ1v) is 14.5. The molecule has 0 amide bonds. The van der Waals surface area contributed by atoms with Gasteiger partial charge in [0.05, 0.1) is 0 Å². The third kappa shape index (κ3) is 2.88. The summed E-state index contributed by atoms with van der Waals surface area (Å²) in [6, 6.07) is 5.84. The summed E-state index contributed by atoms with van der Waals surface area (Å²) in [6.07, 6.45) is 5.15. The fourth-order valence-corrected chi connectivity index (χ4v) is 11.3. The van der Waals surface area contributed by atoms with Gasteiger partial charge in [-0.3, -0.25) is 0 Å². The minimum absolute atomic E-state index is 0.0229. The van der Waals surface area contributed by atoms with Crippen molar-refractivity contribution in [3.05, 3.63) is 47.6 Å². The van der Waals surface area contributed by atoms with Gasteiger partial charge in [-0.2, -0.15) is 0 Å². The molecule has 0 spiro atoms. The molecule has 4 rings (SSSR count). The van der Waals surface area contributed by atoms with Crippen LogP contribution in [0.2, 0.25) is 13.1 Å². The summed E-state index contributed by atoms with van der Waals surface area (Å²) in [5.41, 5.74) is 2.78. The first kappa shape index (κ1) is 17.9. The van der Waals surface area contributed by atoms with E-state index < -0.39 is 8.07 Å². The van der Waals surface area contributed by atoms with Crippen molar-refractivity contribution in [2.75, 3.05) is 0 Å². The van der Waals surface area contributed by atoms with Gasteiger partial charge in [-0.25, -0.2) is 0 Å². The molecule has 0 bridgehead atoms. The maximum absolute atomic E-state index is 11.9. The molecule has 2 aromatic rings. The first-order valence-electron chi connectivity index (χ1n) is 7.64. The van der Waals surface area contributed by atoms with Crippen LogP contribution in [-0.2, 0) is 4.79 Å². The van der Waals surface area contributed by atoms with Gasteiger partial charge in [0.15, 0.2) is 0 Å². The molecule has 1 N–H and O–H groups in total. The molecule has 0 saturated carbocycles. The predicted molar refractivity (Wildman–Crippen MR) is 122 cm³/mol. The Bertz CT molecular complexity index is 1010. The Morgan fingerprint density at radius 2 is 1.96 bits per heavy atom. The molecule has 0 unspecified atom stereocenters. The van der Waals surface area contributed by atoms with E-state index in [2.05, 4.69) is 64.3 Å². The number of allylic oxidation sites excluding steroid dienone is 4. The summed E-state index contributed by atoms with van der Waals surface area (Å²) in [5.74, 6) is 0.342. The topological polar surface area (TPSA) is 49.7 Å². The molecule has 3 nitrogen and oxygen atoms in total. The van der Waals surface area contributed by atoms with Crippen LogP contribution in [-0.4, -0.2) is 39.2 Å². The number of hydrogen-bond acceptors (Lipinski definition) is 3. The predicted octanol–water partition coefficient (Wildman–Crippen LogP) is 3.93. The van der Waals surface area contributed by atoms with Crippen LogP contribution in [0.4, 0.5) is 5.69 Å². The third-order valence-corrected chi connectivity index (χ3v) is 14.5. The number of phenolic OH excluding ortho intramolecular Hbond substituents is 1. The molecule has 0 fully saturated rings. The van der Waals surface area contributed by atoms with Gasteiger partial charge < -0.3 is 0 Å². The van der Waals surface area contributed by atoms with E-state index in [1.165, 1.54) is 10.5 Å². The van der Waals surface area contributed by atoms with E-state index in [-0.39, 0.29) is 20.3 Å². The van der Waals surface area contributed by atoms with E-state index in [1.54, 1.807) is 18.2 Å². The Hall–Kier alpha value is -0.484. The summed E-state index contributed by atoms with van der Waals surface area (Å²) in [7, 11) is -2.16. The number of phenols is 1. The van der Waals surface area contributed by atoms with Crippen molar-refractivity contribution in [2.24, 2.45) is 4.99 Å². The average molecular weight is 636 g/mol. The quantitative estimate of drug-likeness (QED) is 0.293. The molecule has 1 aliphatic heterocycles. The van der Waals surface area contributed by atoms with Gasteiger partial charge >= 0.3 is 182 Å². The Balaban J connectivity index is 2.06. The number of benzene rings is 1. The summed E-state index contributed by atoms with van der Waals surface area (Å²) >= 11 is 4.95. The molecule has 0 radical (unpaired) electrons. The second-order valence-corrected chi connectivity index (χ2v) is 16.9. The van der Waals surface area contributed by atoms with Crippen molar-refractivity contribution in [1.29, 1.82) is 0 Å². The molecule has 1 aromatic heterocycles. The standard InChI is InChI=1S/C18H13I2NO2SeSi/c1-25(2)15-7-9(22)3-4-11(15)21-12-5-6-13(23)16(17(12)25)14-8-10(19)18(20)24-14/h3-8,23H,1-2H3. The van der Waals surface area contributed by atoms with Crippen LogP contribution in [0.3, 0.4) is 0 Å². The number of hydrogen-bond donors (Lipinski definition) is 1. The van der Waals surface area contributed by atoms with E-state index in [0.29, 0.717) is 5.75 Å². The molecule has 0 saturated heterocycles. The van der Waals surface area contributed by atoms with Gasteiger partial charge in [-0.15, -0.1) is 0 Å². The summed E-state index contributed by atoms with van der Waals surface area (Å²) in [6.45, 7) is 4.49. The number of rotatable bonds is 1. The summed E-state index contributed by atoms with van der Waals surface area (Å²) in [4.78, 5) is 16.8. The van der Waals surface area contributed by atoms with Gasteiger partial charge in [-0.1, -0.05) is 0 Å². The van der Waals surface area contributed by atoms with Crippen LogP contribution >= 0.6 is 45.2 Å². The number of carbonyl (C=O) groups excluding carboxylic acids is 1. The van der Waals surface area contributed by atoms with Gasteiger partial charge in [0, 0.05) is 0 Å². The molecule has 1 aliphatic carbocycles. The summed E-state index contributed by atoms with van der Waals surface area (Å²) in [5, 5.41) is 12.9. The van der Waals surface area contributed by atoms with Gasteiger partial charge in [0.1, 0.15) is 0 Å². The number of ketones is 1. The second-order valence-electron chi connectivity index (χ2n) is 6.50. The zero-order chi connectivity index (χ0) is 17.9. The monoisotopic (exact) mass is 637 g/mol. The summed E-state index contributed by atoms with van der Waals surface area (Å²) < 4.78 is 3.81. The van der Waals surface area contributed by atoms with Crippen LogP contribution in [0, 0.1) is 6.01 Å². The Kier molecular flexibility index (Phi) is 4.51. The van der Waals surface area contributed by atoms with Crippen LogP contribution in [0.5, 0.6) is 5.75 Å². The van der Waals surface area contributed by atoms with E-state index in [9.17, 15) is 9.90 Å². The zero-order valence-electron chi connectivity index (χ0n) is 13.4. The molecule has 0 atom stereocenters. The van der Waals surface area contributed by atoms with Crippen LogP contribution in [0.15, 0.2) is 46.6 Å². The fraction of sp³-hybridized carbons (Fsp3) is 0.111. The molecular weight excluding hydrogens is 623 g/mol. The van der Waals surface area contributed by atoms with E-state index in [4.69, 9.17) is 4.99 Å². The van der Waals surface area contributed by atoms with Crippen LogP contribution in [0.25, 0.3) is 10.0 Å². The zero-order valence-corrected chi connectivity index (χ0v) is 20.5.